The van der Waals surface area contributed by atoms with Crippen LogP contribution in [0.25, 0.3) is 0 Å². The summed E-state index contributed by atoms with van der Waals surface area (Å²) in [6, 6.07) is -1.19. The second-order valence-corrected chi connectivity index (χ2v) is 16.1. The number of hydrogen-bond acceptors (Lipinski definition) is 10. The zero-order chi connectivity index (χ0) is 41.9. The van der Waals surface area contributed by atoms with Crippen LogP contribution >= 0.6 is 0 Å². The Morgan fingerprint density at radius 1 is 0.596 bits per heavy atom. The number of amides is 1. The highest BCUT2D eigenvalue weighted by Gasteiger charge is 2.44. The number of rotatable bonds is 37. The van der Waals surface area contributed by atoms with E-state index in [4.69, 9.17) is 9.47 Å². The third kappa shape index (κ3) is 26.2. The summed E-state index contributed by atoms with van der Waals surface area (Å²) in [7, 11) is 0. The predicted octanol–water partition coefficient (Wildman–Crippen LogP) is 7.22. The molecular formula is C46H85NO10. The lowest BCUT2D eigenvalue weighted by atomic mass is 9.98. The topological polar surface area (TPSA) is 189 Å². The highest BCUT2D eigenvalue weighted by Crippen LogP contribution is 2.23. The van der Waals surface area contributed by atoms with Gasteiger partial charge in [0.2, 0.25) is 5.91 Å². The average Bonchev–Trinajstić information content (AvgIpc) is 3.21. The first-order chi connectivity index (χ1) is 27.7. The Morgan fingerprint density at radius 2 is 1.05 bits per heavy atom. The number of unbranched alkanes of at least 4 members (excludes halogenated alkanes) is 19. The first kappa shape index (κ1) is 53.3. The number of allylic oxidation sites excluding steroid dienone is 6. The van der Waals surface area contributed by atoms with Crippen molar-refractivity contribution >= 4 is 5.91 Å². The van der Waals surface area contributed by atoms with Gasteiger partial charge in [-0.05, 0) is 77.0 Å². The van der Waals surface area contributed by atoms with Crippen molar-refractivity contribution in [1.29, 1.82) is 0 Å². The van der Waals surface area contributed by atoms with Gasteiger partial charge in [-0.15, -0.1) is 0 Å². The summed E-state index contributed by atoms with van der Waals surface area (Å²) in [4.78, 5) is 13.1. The molecule has 0 bridgehead atoms. The van der Waals surface area contributed by atoms with E-state index < -0.39 is 74.2 Å². The molecular weight excluding hydrogens is 727 g/mol. The Balaban J connectivity index is 2.51. The fraction of sp³-hybridized carbons (Fsp3) is 0.848. The fourth-order valence-corrected chi connectivity index (χ4v) is 7.04. The highest BCUT2D eigenvalue weighted by atomic mass is 16.7. The van der Waals surface area contributed by atoms with E-state index >= 15 is 0 Å². The Labute approximate surface area is 346 Å². The number of carbonyl (C=O) groups excluding carboxylic acids is 1. The predicted molar refractivity (Wildman–Crippen MR) is 228 cm³/mol. The van der Waals surface area contributed by atoms with Crippen molar-refractivity contribution < 1.29 is 50.0 Å². The van der Waals surface area contributed by atoms with Crippen LogP contribution < -0.4 is 5.32 Å². The number of hydrogen-bond donors (Lipinski definition) is 8. The number of carbonyl (C=O) groups is 1. The van der Waals surface area contributed by atoms with E-state index in [-0.39, 0.29) is 12.8 Å². The summed E-state index contributed by atoms with van der Waals surface area (Å²) in [5, 5.41) is 75.5. The monoisotopic (exact) mass is 812 g/mol. The molecule has 11 nitrogen and oxygen atoms in total. The first-order valence-electron chi connectivity index (χ1n) is 22.9. The Morgan fingerprint density at radius 3 is 1.56 bits per heavy atom. The molecule has 0 aromatic rings. The summed E-state index contributed by atoms with van der Waals surface area (Å²) < 4.78 is 11.1. The fourth-order valence-electron chi connectivity index (χ4n) is 7.04. The van der Waals surface area contributed by atoms with Gasteiger partial charge in [0.05, 0.1) is 25.4 Å². The van der Waals surface area contributed by atoms with Gasteiger partial charge in [-0.3, -0.25) is 4.79 Å². The first-order valence-corrected chi connectivity index (χ1v) is 22.9. The molecule has 11 heteroatoms. The lowest BCUT2D eigenvalue weighted by Crippen LogP contribution is -2.60. The van der Waals surface area contributed by atoms with Crippen LogP contribution in [0.1, 0.15) is 181 Å². The molecule has 0 aliphatic carbocycles. The number of aliphatic hydroxyl groups excluding tert-OH is 7. The molecule has 8 N–H and O–H groups in total. The molecule has 9 unspecified atom stereocenters. The highest BCUT2D eigenvalue weighted by molar-refractivity contribution is 5.80. The second kappa shape index (κ2) is 36.2. The maximum absolute atomic E-state index is 13.1. The third-order valence-electron chi connectivity index (χ3n) is 10.9. The number of aliphatic hydroxyl groups is 7. The van der Waals surface area contributed by atoms with Crippen LogP contribution in [0.5, 0.6) is 0 Å². The van der Waals surface area contributed by atoms with Gasteiger partial charge in [-0.2, -0.15) is 0 Å². The molecule has 0 saturated carbocycles. The Kier molecular flexibility index (Phi) is 33.9. The van der Waals surface area contributed by atoms with Gasteiger partial charge in [-0.1, -0.05) is 140 Å². The van der Waals surface area contributed by atoms with Crippen LogP contribution in [-0.2, 0) is 14.3 Å². The van der Waals surface area contributed by atoms with E-state index in [9.17, 15) is 40.5 Å². The zero-order valence-electron chi connectivity index (χ0n) is 35.8. The van der Waals surface area contributed by atoms with E-state index in [1.165, 1.54) is 77.0 Å². The largest absolute Gasteiger partial charge is 0.394 e. The minimum atomic E-state index is -1.67. The second-order valence-electron chi connectivity index (χ2n) is 16.1. The molecule has 0 aromatic heterocycles. The summed E-state index contributed by atoms with van der Waals surface area (Å²) in [6.07, 6.45) is 29.0. The van der Waals surface area contributed by atoms with Gasteiger partial charge in [0.1, 0.15) is 36.6 Å². The smallest absolute Gasteiger partial charge is 0.249 e. The number of ether oxygens (including phenoxy) is 2. The van der Waals surface area contributed by atoms with Gasteiger partial charge < -0.3 is 50.5 Å². The lowest BCUT2D eigenvalue weighted by molar-refractivity contribution is -0.303. The van der Waals surface area contributed by atoms with E-state index in [0.29, 0.717) is 19.3 Å². The van der Waals surface area contributed by atoms with E-state index in [1.807, 2.05) is 0 Å². The summed E-state index contributed by atoms with van der Waals surface area (Å²) in [5.74, 6) is -0.718. The van der Waals surface area contributed by atoms with Gasteiger partial charge in [0.25, 0.3) is 0 Å². The van der Waals surface area contributed by atoms with Gasteiger partial charge in [0.15, 0.2) is 6.29 Å². The van der Waals surface area contributed by atoms with Crippen molar-refractivity contribution in [2.24, 2.45) is 0 Å². The lowest BCUT2D eigenvalue weighted by Gasteiger charge is -2.40. The maximum atomic E-state index is 13.1. The molecule has 0 aromatic carbocycles. The van der Waals surface area contributed by atoms with E-state index in [1.54, 1.807) is 0 Å². The molecule has 1 aliphatic rings. The van der Waals surface area contributed by atoms with Gasteiger partial charge in [0, 0.05) is 0 Å². The van der Waals surface area contributed by atoms with Crippen molar-refractivity contribution in [3.8, 4) is 0 Å². The molecule has 0 radical (unpaired) electrons. The van der Waals surface area contributed by atoms with E-state index in [0.717, 1.165) is 57.8 Å². The van der Waals surface area contributed by atoms with Gasteiger partial charge in [-0.25, -0.2) is 0 Å². The quantitative estimate of drug-likeness (QED) is 0.0235. The molecule has 1 fully saturated rings. The van der Waals surface area contributed by atoms with Crippen LogP contribution in [0.15, 0.2) is 36.5 Å². The SMILES string of the molecule is CCCCCCC/C=C/CC/C=C/CCCC(O)C(O)C(COC1OC(CO)C(O)C(O)C1O)NC(=O)C(O)CCCCCCCC/C=C\CCCCCCCC. The maximum Gasteiger partial charge on any atom is 0.249 e. The van der Waals surface area contributed by atoms with Crippen molar-refractivity contribution in [3.05, 3.63) is 36.5 Å². The molecule has 0 spiro atoms. The minimum Gasteiger partial charge on any atom is -0.394 e. The molecule has 9 atom stereocenters. The molecule has 1 amide bonds. The Bertz CT molecular complexity index is 1020. The van der Waals surface area contributed by atoms with Crippen molar-refractivity contribution in [1.82, 2.24) is 5.32 Å². The summed E-state index contributed by atoms with van der Waals surface area (Å²) in [5.41, 5.74) is 0. The zero-order valence-corrected chi connectivity index (χ0v) is 35.8. The van der Waals surface area contributed by atoms with Crippen molar-refractivity contribution in [2.45, 2.75) is 236 Å². The Hall–Kier alpha value is -1.67. The molecule has 57 heavy (non-hydrogen) atoms. The standard InChI is InChI=1S/C46H85NO10/c1-3-5-7-9-11-13-15-17-19-20-22-24-26-28-30-32-34-39(50)45(55)47-37(36-56-46-44(54)43(53)42(52)40(35-48)57-46)41(51)38(49)33-31-29-27-25-23-21-18-16-14-12-10-8-6-4-2/h16-19,25,27,37-44,46,48-54H,3-15,20-24,26,28-36H2,1-2H3,(H,47,55)/b18-16+,19-17-,27-25+. The average molecular weight is 812 g/mol. The summed E-state index contributed by atoms with van der Waals surface area (Å²) >= 11 is 0. The summed E-state index contributed by atoms with van der Waals surface area (Å²) in [6.45, 7) is 3.38. The molecule has 1 rings (SSSR count). The van der Waals surface area contributed by atoms with Crippen molar-refractivity contribution in [2.75, 3.05) is 13.2 Å². The number of nitrogens with one attached hydrogen (secondary N) is 1. The molecule has 1 heterocycles. The van der Waals surface area contributed by atoms with Crippen LogP contribution in [-0.4, -0.2) is 110 Å². The third-order valence-corrected chi connectivity index (χ3v) is 10.9. The normalized spacial score (nSPS) is 22.4. The van der Waals surface area contributed by atoms with Crippen molar-refractivity contribution in [3.63, 3.8) is 0 Å². The molecule has 1 saturated heterocycles. The molecule has 334 valence electrons. The van der Waals surface area contributed by atoms with Gasteiger partial charge >= 0.3 is 0 Å². The van der Waals surface area contributed by atoms with Crippen LogP contribution in [0.3, 0.4) is 0 Å². The van der Waals surface area contributed by atoms with Crippen LogP contribution in [0.4, 0.5) is 0 Å². The van der Waals surface area contributed by atoms with Crippen LogP contribution in [0, 0.1) is 0 Å². The molecule has 1 aliphatic heterocycles. The minimum absolute atomic E-state index is 0.243. The van der Waals surface area contributed by atoms with E-state index in [2.05, 4.69) is 55.6 Å². The van der Waals surface area contributed by atoms with Crippen LogP contribution in [0.2, 0.25) is 0 Å².